The van der Waals surface area contributed by atoms with Gasteiger partial charge in [-0.2, -0.15) is 0 Å². The molecule has 0 saturated carbocycles. The Labute approximate surface area is 77.4 Å². The lowest BCUT2D eigenvalue weighted by molar-refractivity contribution is -0.0889. The van der Waals surface area contributed by atoms with Gasteiger partial charge in [-0.05, 0) is 6.08 Å². The van der Waals surface area contributed by atoms with Gasteiger partial charge in [-0.25, -0.2) is 4.21 Å². The molecule has 1 fully saturated rings. The lowest BCUT2D eigenvalue weighted by Gasteiger charge is -2.22. The Bertz CT molecular complexity index is 265. The second kappa shape index (κ2) is 4.47. The van der Waals surface area contributed by atoms with E-state index in [1.807, 2.05) is 0 Å². The molecule has 7 heteroatoms. The molecule has 1 rings (SSSR count). The third kappa shape index (κ3) is 2.88. The predicted molar refractivity (Wildman–Crippen MR) is 46.5 cm³/mol. The molecule has 74 valence electrons. The van der Waals surface area contributed by atoms with E-state index in [0.717, 1.165) is 6.08 Å². The van der Waals surface area contributed by atoms with Crippen LogP contribution in [0.3, 0.4) is 0 Å². The maximum Gasteiger partial charge on any atom is 0.205 e. The van der Waals surface area contributed by atoms with E-state index in [-0.39, 0.29) is 5.70 Å². The van der Waals surface area contributed by atoms with Crippen molar-refractivity contribution in [3.8, 4) is 0 Å². The van der Waals surface area contributed by atoms with E-state index in [1.54, 1.807) is 0 Å². The van der Waals surface area contributed by atoms with Gasteiger partial charge in [0.15, 0.2) is 6.29 Å². The Kier molecular flexibility index (Phi) is 3.55. The molecule has 0 aliphatic carbocycles. The maximum absolute atomic E-state index is 10.4. The number of nitrogens with one attached hydrogen (secondary N) is 2. The van der Waals surface area contributed by atoms with Crippen LogP contribution in [0.4, 0.5) is 0 Å². The van der Waals surface area contributed by atoms with Crippen LogP contribution in [0.5, 0.6) is 0 Å². The topological polar surface area (TPSA) is 103 Å². The molecule has 1 aliphatic heterocycles. The summed E-state index contributed by atoms with van der Waals surface area (Å²) in [5, 5.41) is 18.5. The van der Waals surface area contributed by atoms with Crippen molar-refractivity contribution in [2.24, 2.45) is 0 Å². The second-order valence-electron chi connectivity index (χ2n) is 2.36. The average molecular weight is 206 g/mol. The summed E-state index contributed by atoms with van der Waals surface area (Å²) in [5.74, 6) is 0. The highest BCUT2D eigenvalue weighted by molar-refractivity contribution is 7.95. The Balaban J connectivity index is 2.68. The predicted octanol–water partition coefficient (Wildman–Crippen LogP) is -0.993. The van der Waals surface area contributed by atoms with Gasteiger partial charge in [-0.1, -0.05) is 0 Å². The minimum Gasteiger partial charge on any atom is -0.382 e. The summed E-state index contributed by atoms with van der Waals surface area (Å²) in [6, 6.07) is 0. The van der Waals surface area contributed by atoms with E-state index in [9.17, 15) is 4.21 Å². The van der Waals surface area contributed by atoms with Gasteiger partial charge in [0.2, 0.25) is 11.1 Å². The van der Waals surface area contributed by atoms with E-state index in [4.69, 9.17) is 19.8 Å². The first-order valence-electron chi connectivity index (χ1n) is 3.56. The summed E-state index contributed by atoms with van der Waals surface area (Å²) < 4.78 is 23.7. The summed E-state index contributed by atoms with van der Waals surface area (Å²) in [6.07, 6.45) is -0.0578. The Morgan fingerprint density at radius 2 is 2.54 bits per heavy atom. The summed E-state index contributed by atoms with van der Waals surface area (Å²) in [7, 11) is 0. The lowest BCUT2D eigenvalue weighted by atomic mass is 10.3. The SMILES string of the molecule is N=C(/C=C1\NCCO[C@H]1O)S(=O)O. The summed E-state index contributed by atoms with van der Waals surface area (Å²) in [4.78, 5) is 0. The Morgan fingerprint density at radius 3 is 3.08 bits per heavy atom. The highest BCUT2D eigenvalue weighted by atomic mass is 32.2. The fourth-order valence-electron chi connectivity index (χ4n) is 0.857. The van der Waals surface area contributed by atoms with E-state index >= 15 is 0 Å². The van der Waals surface area contributed by atoms with Crippen molar-refractivity contribution in [2.75, 3.05) is 13.2 Å². The third-order valence-corrected chi connectivity index (χ3v) is 1.94. The van der Waals surface area contributed by atoms with E-state index in [1.165, 1.54) is 0 Å². The fourth-order valence-corrected chi connectivity index (χ4v) is 1.08. The molecule has 0 spiro atoms. The summed E-state index contributed by atoms with van der Waals surface area (Å²) in [5.41, 5.74) is 0.235. The second-order valence-corrected chi connectivity index (χ2v) is 3.30. The molecule has 6 nitrogen and oxygen atoms in total. The minimum atomic E-state index is -2.33. The zero-order valence-electron chi connectivity index (χ0n) is 6.69. The first-order valence-corrected chi connectivity index (χ1v) is 4.66. The molecular formula is C6H10N2O4S. The van der Waals surface area contributed by atoms with Crippen molar-refractivity contribution in [1.29, 1.82) is 5.41 Å². The lowest BCUT2D eigenvalue weighted by Crippen LogP contribution is -2.36. The van der Waals surface area contributed by atoms with Gasteiger partial charge in [-0.15, -0.1) is 0 Å². The molecule has 1 saturated heterocycles. The first-order chi connectivity index (χ1) is 6.11. The van der Waals surface area contributed by atoms with Crippen LogP contribution in [-0.2, 0) is 15.8 Å². The van der Waals surface area contributed by atoms with E-state index < -0.39 is 22.4 Å². The molecule has 4 N–H and O–H groups in total. The molecule has 0 aromatic rings. The monoisotopic (exact) mass is 206 g/mol. The Morgan fingerprint density at radius 1 is 1.85 bits per heavy atom. The van der Waals surface area contributed by atoms with Gasteiger partial charge in [-0.3, -0.25) is 5.41 Å². The van der Waals surface area contributed by atoms with Gasteiger partial charge in [0, 0.05) is 6.54 Å². The molecule has 1 aliphatic rings. The maximum atomic E-state index is 10.4. The third-order valence-electron chi connectivity index (χ3n) is 1.45. The van der Waals surface area contributed by atoms with Crippen molar-refractivity contribution in [1.82, 2.24) is 5.32 Å². The van der Waals surface area contributed by atoms with Gasteiger partial charge in [0.25, 0.3) is 0 Å². The number of aliphatic hydroxyl groups excluding tert-OH is 1. The molecule has 0 aromatic carbocycles. The van der Waals surface area contributed by atoms with Crippen molar-refractivity contribution in [2.45, 2.75) is 6.29 Å². The zero-order valence-corrected chi connectivity index (χ0v) is 7.50. The van der Waals surface area contributed by atoms with Crippen LogP contribution in [0.2, 0.25) is 0 Å². The smallest absolute Gasteiger partial charge is 0.205 e. The van der Waals surface area contributed by atoms with Crippen molar-refractivity contribution in [3.05, 3.63) is 11.8 Å². The molecule has 13 heavy (non-hydrogen) atoms. The molecule has 1 heterocycles. The van der Waals surface area contributed by atoms with E-state index in [2.05, 4.69) is 5.32 Å². The minimum absolute atomic E-state index is 0.235. The fraction of sp³-hybridized carbons (Fsp3) is 0.500. The standard InChI is InChI=1S/C6H10N2O4S/c7-5(13(10)11)3-4-6(9)12-2-1-8-4/h3,6-9H,1-2H2,(H,10,11)/b4-3-,7-5?/t6-/m1/s1. The highest BCUT2D eigenvalue weighted by Crippen LogP contribution is 2.05. The van der Waals surface area contributed by atoms with E-state index in [0.29, 0.717) is 13.2 Å². The van der Waals surface area contributed by atoms with Crippen LogP contribution in [0.1, 0.15) is 0 Å². The first kappa shape index (κ1) is 10.3. The number of hydrogen-bond acceptors (Lipinski definition) is 5. The van der Waals surface area contributed by atoms with Crippen LogP contribution < -0.4 is 5.32 Å². The van der Waals surface area contributed by atoms with Gasteiger partial charge in [0.05, 0.1) is 12.3 Å². The van der Waals surface area contributed by atoms with Gasteiger partial charge >= 0.3 is 0 Å². The number of ether oxygens (including phenoxy) is 1. The summed E-state index contributed by atoms with van der Waals surface area (Å²) >= 11 is -2.33. The number of morpholine rings is 1. The largest absolute Gasteiger partial charge is 0.382 e. The molecule has 0 amide bonds. The number of aliphatic hydroxyl groups is 1. The zero-order chi connectivity index (χ0) is 9.84. The van der Waals surface area contributed by atoms with Gasteiger partial charge < -0.3 is 19.7 Å². The molecular weight excluding hydrogens is 196 g/mol. The molecule has 2 atom stereocenters. The van der Waals surface area contributed by atoms with Crippen molar-refractivity contribution in [3.63, 3.8) is 0 Å². The highest BCUT2D eigenvalue weighted by Gasteiger charge is 2.16. The van der Waals surface area contributed by atoms with Gasteiger partial charge in [0.1, 0.15) is 5.04 Å². The average Bonchev–Trinajstić information content (AvgIpc) is 2.08. The molecule has 0 radical (unpaired) electrons. The number of hydrogen-bond donors (Lipinski definition) is 4. The van der Waals surface area contributed by atoms with Crippen LogP contribution in [0, 0.1) is 5.41 Å². The van der Waals surface area contributed by atoms with Crippen LogP contribution >= 0.6 is 0 Å². The Hall–Kier alpha value is -0.760. The number of rotatable bonds is 1. The molecule has 1 unspecified atom stereocenters. The van der Waals surface area contributed by atoms with Crippen LogP contribution in [-0.4, -0.2) is 38.4 Å². The van der Waals surface area contributed by atoms with Crippen LogP contribution in [0.25, 0.3) is 0 Å². The van der Waals surface area contributed by atoms with Crippen molar-refractivity contribution >= 4 is 16.1 Å². The summed E-state index contributed by atoms with van der Waals surface area (Å²) in [6.45, 7) is 0.877. The molecule has 0 aromatic heterocycles. The normalized spacial score (nSPS) is 28.2. The van der Waals surface area contributed by atoms with Crippen LogP contribution in [0.15, 0.2) is 11.8 Å². The quantitative estimate of drug-likeness (QED) is 0.250. The molecule has 0 bridgehead atoms. The van der Waals surface area contributed by atoms with Crippen molar-refractivity contribution < 1.29 is 18.6 Å².